The number of hydrogen-bond donors (Lipinski definition) is 0. The minimum atomic E-state index is -0.120. The van der Waals surface area contributed by atoms with E-state index >= 15 is 0 Å². The Balaban J connectivity index is 2.38. The van der Waals surface area contributed by atoms with Crippen molar-refractivity contribution in [1.29, 1.82) is 0 Å². The van der Waals surface area contributed by atoms with E-state index in [2.05, 4.69) is 32.3 Å². The summed E-state index contributed by atoms with van der Waals surface area (Å²) >= 11 is 5.12. The molecule has 0 spiro atoms. The lowest BCUT2D eigenvalue weighted by molar-refractivity contribution is -0.147. The fraction of sp³-hybridized carbons (Fsp3) is 0.583. The zero-order valence-corrected chi connectivity index (χ0v) is 12.8. The summed E-state index contributed by atoms with van der Waals surface area (Å²) in [6.07, 6.45) is 0. The lowest BCUT2D eigenvalue weighted by Gasteiger charge is -2.19. The molecule has 3 nitrogen and oxygen atoms in total. The molecule has 0 aliphatic carbocycles. The van der Waals surface area contributed by atoms with Gasteiger partial charge in [-0.1, -0.05) is 6.92 Å². The van der Waals surface area contributed by atoms with E-state index in [0.717, 1.165) is 10.3 Å². The molecule has 0 aliphatic rings. The molecular weight excluding hydrogens is 302 g/mol. The number of halogens is 1. The summed E-state index contributed by atoms with van der Waals surface area (Å²) in [5.74, 6) is -0.201. The monoisotopic (exact) mass is 319 g/mol. The van der Waals surface area contributed by atoms with Crippen LogP contribution in [0, 0.1) is 5.92 Å². The van der Waals surface area contributed by atoms with Crippen LogP contribution in [0.25, 0.3) is 0 Å². The molecular formula is C12H18BrNO2S. The third kappa shape index (κ3) is 5.19. The molecule has 1 aromatic rings. The van der Waals surface area contributed by atoms with Gasteiger partial charge in [0.2, 0.25) is 0 Å². The molecule has 17 heavy (non-hydrogen) atoms. The van der Waals surface area contributed by atoms with Crippen LogP contribution < -0.4 is 0 Å². The van der Waals surface area contributed by atoms with Crippen molar-refractivity contribution >= 4 is 33.2 Å². The van der Waals surface area contributed by atoms with E-state index in [9.17, 15) is 4.79 Å². The molecule has 5 heteroatoms. The predicted octanol–water partition coefficient (Wildman–Crippen LogP) is 3.14. The number of carbonyl (C=O) groups excluding carboxylic acids is 1. The number of nitrogens with zero attached hydrogens (tertiary/aromatic N) is 1. The Morgan fingerprint density at radius 1 is 1.65 bits per heavy atom. The van der Waals surface area contributed by atoms with Crippen LogP contribution in [-0.4, -0.2) is 31.1 Å². The zero-order chi connectivity index (χ0) is 12.8. The average molecular weight is 320 g/mol. The molecule has 0 fully saturated rings. The second kappa shape index (κ2) is 7.13. The van der Waals surface area contributed by atoms with Crippen molar-refractivity contribution in [3.63, 3.8) is 0 Å². The van der Waals surface area contributed by atoms with Gasteiger partial charge in [-0.15, -0.1) is 11.3 Å². The summed E-state index contributed by atoms with van der Waals surface area (Å²) in [6.45, 7) is 5.75. The first-order chi connectivity index (χ1) is 8.02. The standard InChI is InChI=1S/C12H18BrNO2S/c1-4-16-12(15)9(2)6-14(3)7-10-5-11(13)17-8-10/h5,8-9H,4,6-7H2,1-3H3. The summed E-state index contributed by atoms with van der Waals surface area (Å²) in [4.78, 5) is 13.6. The first-order valence-electron chi connectivity index (χ1n) is 5.61. The first kappa shape index (κ1) is 14.7. The van der Waals surface area contributed by atoms with Crippen LogP contribution in [0.1, 0.15) is 19.4 Å². The summed E-state index contributed by atoms with van der Waals surface area (Å²) in [5.41, 5.74) is 1.26. The minimum absolute atomic E-state index is 0.0815. The number of ether oxygens (including phenoxy) is 1. The summed E-state index contributed by atoms with van der Waals surface area (Å²) in [5, 5.41) is 2.12. The molecule has 1 atom stereocenters. The molecule has 0 bridgehead atoms. The van der Waals surface area contributed by atoms with Crippen LogP contribution in [0.5, 0.6) is 0 Å². The van der Waals surface area contributed by atoms with Crippen LogP contribution in [0.2, 0.25) is 0 Å². The van der Waals surface area contributed by atoms with Gasteiger partial charge in [0, 0.05) is 13.1 Å². The lowest BCUT2D eigenvalue weighted by Crippen LogP contribution is -2.29. The molecule has 0 radical (unpaired) electrons. The van der Waals surface area contributed by atoms with Gasteiger partial charge >= 0.3 is 5.97 Å². The van der Waals surface area contributed by atoms with Crippen molar-refractivity contribution in [3.05, 3.63) is 20.8 Å². The summed E-state index contributed by atoms with van der Waals surface area (Å²) < 4.78 is 6.13. The van der Waals surface area contributed by atoms with Crippen molar-refractivity contribution in [2.24, 2.45) is 5.92 Å². The van der Waals surface area contributed by atoms with Gasteiger partial charge in [0.15, 0.2) is 0 Å². The van der Waals surface area contributed by atoms with Crippen LogP contribution in [0.15, 0.2) is 15.2 Å². The Labute approximate surface area is 115 Å². The number of hydrogen-bond acceptors (Lipinski definition) is 4. The maximum Gasteiger partial charge on any atom is 0.309 e. The quantitative estimate of drug-likeness (QED) is 0.754. The third-order valence-electron chi connectivity index (χ3n) is 2.35. The highest BCUT2D eigenvalue weighted by Gasteiger charge is 2.16. The summed E-state index contributed by atoms with van der Waals surface area (Å²) in [6, 6.07) is 2.11. The Hall–Kier alpha value is -0.390. The van der Waals surface area contributed by atoms with E-state index in [1.165, 1.54) is 5.56 Å². The van der Waals surface area contributed by atoms with E-state index in [1.54, 1.807) is 11.3 Å². The van der Waals surface area contributed by atoms with Crippen molar-refractivity contribution in [2.45, 2.75) is 20.4 Å². The van der Waals surface area contributed by atoms with Gasteiger partial charge in [-0.05, 0) is 46.9 Å². The Morgan fingerprint density at radius 3 is 2.88 bits per heavy atom. The van der Waals surface area contributed by atoms with Crippen LogP contribution in [0.4, 0.5) is 0 Å². The van der Waals surface area contributed by atoms with Crippen molar-refractivity contribution < 1.29 is 9.53 Å². The Kier molecular flexibility index (Phi) is 6.16. The molecule has 1 heterocycles. The van der Waals surface area contributed by atoms with E-state index in [0.29, 0.717) is 13.2 Å². The largest absolute Gasteiger partial charge is 0.466 e. The molecule has 0 aromatic carbocycles. The SMILES string of the molecule is CCOC(=O)C(C)CN(C)Cc1csc(Br)c1. The molecule has 0 amide bonds. The number of thiophene rings is 1. The maximum absolute atomic E-state index is 11.5. The topological polar surface area (TPSA) is 29.5 Å². The van der Waals surface area contributed by atoms with Crippen molar-refractivity contribution in [3.8, 4) is 0 Å². The van der Waals surface area contributed by atoms with Crippen LogP contribution in [0.3, 0.4) is 0 Å². The van der Waals surface area contributed by atoms with E-state index in [4.69, 9.17) is 4.74 Å². The zero-order valence-electron chi connectivity index (χ0n) is 10.4. The fourth-order valence-corrected chi connectivity index (χ4v) is 2.83. The molecule has 1 rings (SSSR count). The number of carbonyl (C=O) groups is 1. The first-order valence-corrected chi connectivity index (χ1v) is 7.28. The van der Waals surface area contributed by atoms with Gasteiger partial charge in [-0.25, -0.2) is 0 Å². The number of rotatable bonds is 6. The van der Waals surface area contributed by atoms with Gasteiger partial charge in [0.1, 0.15) is 0 Å². The highest BCUT2D eigenvalue weighted by Crippen LogP contribution is 2.21. The van der Waals surface area contributed by atoms with E-state index in [-0.39, 0.29) is 11.9 Å². The second-order valence-corrected chi connectivity index (χ2v) is 6.40. The Bertz CT molecular complexity index is 367. The van der Waals surface area contributed by atoms with Crippen LogP contribution in [-0.2, 0) is 16.1 Å². The van der Waals surface area contributed by atoms with Gasteiger partial charge in [-0.3, -0.25) is 4.79 Å². The van der Waals surface area contributed by atoms with Gasteiger partial charge in [0.05, 0.1) is 16.3 Å². The summed E-state index contributed by atoms with van der Waals surface area (Å²) in [7, 11) is 2.02. The highest BCUT2D eigenvalue weighted by atomic mass is 79.9. The van der Waals surface area contributed by atoms with Crippen molar-refractivity contribution in [2.75, 3.05) is 20.2 Å². The predicted molar refractivity (Wildman–Crippen MR) is 74.2 cm³/mol. The Morgan fingerprint density at radius 2 is 2.35 bits per heavy atom. The smallest absolute Gasteiger partial charge is 0.309 e. The molecule has 0 aliphatic heterocycles. The van der Waals surface area contributed by atoms with Gasteiger partial charge in [-0.2, -0.15) is 0 Å². The van der Waals surface area contributed by atoms with Gasteiger partial charge in [0.25, 0.3) is 0 Å². The van der Waals surface area contributed by atoms with Gasteiger partial charge < -0.3 is 9.64 Å². The van der Waals surface area contributed by atoms with Crippen LogP contribution >= 0.6 is 27.3 Å². The highest BCUT2D eigenvalue weighted by molar-refractivity contribution is 9.11. The third-order valence-corrected chi connectivity index (χ3v) is 3.90. The molecule has 1 aromatic heterocycles. The molecule has 96 valence electrons. The van der Waals surface area contributed by atoms with E-state index < -0.39 is 0 Å². The minimum Gasteiger partial charge on any atom is -0.466 e. The fourth-order valence-electron chi connectivity index (χ4n) is 1.63. The second-order valence-electron chi connectivity index (χ2n) is 4.11. The average Bonchev–Trinajstić information content (AvgIpc) is 2.64. The lowest BCUT2D eigenvalue weighted by atomic mass is 10.1. The molecule has 0 saturated carbocycles. The number of esters is 1. The van der Waals surface area contributed by atoms with Crippen molar-refractivity contribution in [1.82, 2.24) is 4.90 Å². The molecule has 0 N–H and O–H groups in total. The molecule has 0 saturated heterocycles. The maximum atomic E-state index is 11.5. The van der Waals surface area contributed by atoms with E-state index in [1.807, 2.05) is 20.9 Å². The molecule has 1 unspecified atom stereocenters. The normalized spacial score (nSPS) is 12.8.